The van der Waals surface area contributed by atoms with Gasteiger partial charge in [0, 0.05) is 5.75 Å². The highest BCUT2D eigenvalue weighted by Crippen LogP contribution is 2.42. The Morgan fingerprint density at radius 2 is 2.08 bits per heavy atom. The normalized spacial score (nSPS) is 30.9. The van der Waals surface area contributed by atoms with Crippen LogP contribution in [0.25, 0.3) is 0 Å². The molecular weight excluding hydrogens is 348 g/mol. The van der Waals surface area contributed by atoms with Gasteiger partial charge >= 0.3 is 5.97 Å². The highest BCUT2D eigenvalue weighted by Gasteiger charge is 2.64. The third-order valence-electron chi connectivity index (χ3n) is 4.42. The van der Waals surface area contributed by atoms with Crippen molar-refractivity contribution in [3.8, 4) is 5.75 Å². The fourth-order valence-electron chi connectivity index (χ4n) is 3.01. The number of hydrogen-bond donors (Lipinski definition) is 3. The minimum absolute atomic E-state index is 0.257. The summed E-state index contributed by atoms with van der Waals surface area (Å²) in [5.74, 6) is -1.59. The van der Waals surface area contributed by atoms with Crippen LogP contribution in [0.2, 0.25) is 0 Å². The number of carboxylic acids is 1. The number of para-hydroxylation sites is 1. The van der Waals surface area contributed by atoms with E-state index in [1.807, 2.05) is 6.07 Å². The third-order valence-corrected chi connectivity index (χ3v) is 5.78. The second-order valence-electron chi connectivity index (χ2n) is 5.93. The van der Waals surface area contributed by atoms with Gasteiger partial charge in [0.15, 0.2) is 6.61 Å². The molecular formula is C16H18N2O6S. The maximum Gasteiger partial charge on any atom is 0.358 e. The van der Waals surface area contributed by atoms with Gasteiger partial charge in [0.1, 0.15) is 11.8 Å². The van der Waals surface area contributed by atoms with Crippen LogP contribution in [0.4, 0.5) is 0 Å². The summed E-state index contributed by atoms with van der Waals surface area (Å²) in [5.41, 5.74) is -2.26. The van der Waals surface area contributed by atoms with E-state index >= 15 is 0 Å². The molecule has 1 aromatic rings. The molecule has 2 aliphatic heterocycles. The molecule has 25 heavy (non-hydrogen) atoms. The lowest BCUT2D eigenvalue weighted by molar-refractivity contribution is -0.210. The fraction of sp³-hybridized carbons (Fsp3) is 0.438. The Balaban J connectivity index is 1.61. The maximum absolute atomic E-state index is 12.3. The summed E-state index contributed by atoms with van der Waals surface area (Å²) in [5, 5.41) is 21.6. The Hall–Kier alpha value is -2.26. The average Bonchev–Trinajstić information content (AvgIpc) is 2.60. The monoisotopic (exact) mass is 366 g/mol. The molecule has 2 saturated heterocycles. The van der Waals surface area contributed by atoms with Crippen LogP contribution >= 0.6 is 11.8 Å². The Morgan fingerprint density at radius 3 is 2.72 bits per heavy atom. The van der Waals surface area contributed by atoms with E-state index in [9.17, 15) is 24.6 Å². The van der Waals surface area contributed by atoms with Gasteiger partial charge in [0.25, 0.3) is 11.6 Å². The van der Waals surface area contributed by atoms with E-state index in [-0.39, 0.29) is 6.61 Å². The molecule has 0 saturated carbocycles. The van der Waals surface area contributed by atoms with Gasteiger partial charge in [0.2, 0.25) is 5.91 Å². The van der Waals surface area contributed by atoms with Crippen LogP contribution in [-0.4, -0.2) is 68.3 Å². The van der Waals surface area contributed by atoms with Crippen molar-refractivity contribution in [1.82, 2.24) is 10.2 Å². The summed E-state index contributed by atoms with van der Waals surface area (Å²) < 4.78 is 5.32. The molecule has 1 aromatic carbocycles. The van der Waals surface area contributed by atoms with Crippen LogP contribution in [0.5, 0.6) is 5.75 Å². The molecule has 8 nitrogen and oxygen atoms in total. The van der Waals surface area contributed by atoms with Gasteiger partial charge in [0.05, 0.1) is 11.3 Å². The Bertz CT molecular complexity index is 699. The maximum atomic E-state index is 12.3. The highest BCUT2D eigenvalue weighted by molar-refractivity contribution is 8.00. The van der Waals surface area contributed by atoms with Gasteiger partial charge in [-0.3, -0.25) is 14.5 Å². The number of carboxylic acid groups (broad SMARTS) is 1. The predicted molar refractivity (Wildman–Crippen MR) is 89.0 cm³/mol. The van der Waals surface area contributed by atoms with Crippen molar-refractivity contribution in [2.45, 2.75) is 30.0 Å². The zero-order valence-corrected chi connectivity index (χ0v) is 14.2. The molecule has 0 aromatic heterocycles. The number of hydrogen-bond acceptors (Lipinski definition) is 6. The number of nitrogens with one attached hydrogen (secondary N) is 1. The summed E-state index contributed by atoms with van der Waals surface area (Å²) in [6.45, 7) is 1.30. The number of carbonyl (C=O) groups excluding carboxylic acids is 2. The number of β-lactam (4-membered cyclic amide) rings is 1. The number of thioether (sulfide) groups is 1. The number of aliphatic hydroxyl groups is 1. The van der Waals surface area contributed by atoms with E-state index in [0.717, 1.165) is 4.90 Å². The van der Waals surface area contributed by atoms with Crippen molar-refractivity contribution in [3.05, 3.63) is 30.3 Å². The largest absolute Gasteiger partial charge is 0.484 e. The zero-order valence-electron chi connectivity index (χ0n) is 13.4. The molecule has 3 rings (SSSR count). The van der Waals surface area contributed by atoms with Crippen molar-refractivity contribution in [1.29, 1.82) is 0 Å². The second-order valence-corrected chi connectivity index (χ2v) is 7.30. The van der Waals surface area contributed by atoms with Crippen molar-refractivity contribution in [2.75, 3.05) is 12.4 Å². The second kappa shape index (κ2) is 6.57. The number of amides is 2. The first-order valence-electron chi connectivity index (χ1n) is 7.73. The highest BCUT2D eigenvalue weighted by atomic mass is 32.2. The lowest BCUT2D eigenvalue weighted by atomic mass is 9.90. The molecule has 2 aliphatic rings. The van der Waals surface area contributed by atoms with Crippen LogP contribution in [0.3, 0.4) is 0 Å². The summed E-state index contributed by atoms with van der Waals surface area (Å²) in [4.78, 5) is 36.7. The number of aliphatic carboxylic acids is 1. The number of ether oxygens (including phenoxy) is 1. The molecule has 0 bridgehead atoms. The fourth-order valence-corrected chi connectivity index (χ4v) is 4.28. The number of fused-ring (bicyclic) bond motifs is 1. The number of carbonyl (C=O) groups is 3. The summed E-state index contributed by atoms with van der Waals surface area (Å²) >= 11 is 1.25. The van der Waals surface area contributed by atoms with Crippen LogP contribution in [0.15, 0.2) is 30.3 Å². The van der Waals surface area contributed by atoms with Crippen LogP contribution in [0, 0.1) is 0 Å². The minimum Gasteiger partial charge on any atom is -0.484 e. The van der Waals surface area contributed by atoms with Crippen molar-refractivity contribution >= 4 is 29.5 Å². The van der Waals surface area contributed by atoms with Gasteiger partial charge in [-0.15, -0.1) is 0 Å². The van der Waals surface area contributed by atoms with Crippen LogP contribution < -0.4 is 10.1 Å². The zero-order chi connectivity index (χ0) is 18.2. The molecule has 9 heteroatoms. The van der Waals surface area contributed by atoms with E-state index in [4.69, 9.17) is 4.74 Å². The third kappa shape index (κ3) is 2.93. The predicted octanol–water partition coefficient (Wildman–Crippen LogP) is -0.330. The first-order valence-corrected chi connectivity index (χ1v) is 8.78. The van der Waals surface area contributed by atoms with E-state index < -0.39 is 40.8 Å². The van der Waals surface area contributed by atoms with Crippen molar-refractivity contribution in [2.24, 2.45) is 0 Å². The van der Waals surface area contributed by atoms with E-state index in [2.05, 4.69) is 5.32 Å². The first-order chi connectivity index (χ1) is 11.9. The molecule has 2 amide bonds. The van der Waals surface area contributed by atoms with E-state index in [1.54, 1.807) is 31.2 Å². The summed E-state index contributed by atoms with van der Waals surface area (Å²) in [6, 6.07) is 7.36. The molecule has 2 heterocycles. The molecule has 0 aliphatic carbocycles. The van der Waals surface area contributed by atoms with E-state index in [1.165, 1.54) is 11.8 Å². The van der Waals surface area contributed by atoms with E-state index in [0.29, 0.717) is 11.5 Å². The molecule has 2 fully saturated rings. The van der Waals surface area contributed by atoms with Gasteiger partial charge < -0.3 is 20.3 Å². The Kier molecular flexibility index (Phi) is 4.61. The molecule has 3 N–H and O–H groups in total. The van der Waals surface area contributed by atoms with Crippen LogP contribution in [-0.2, 0) is 14.4 Å². The van der Waals surface area contributed by atoms with Crippen LogP contribution in [0.1, 0.15) is 6.92 Å². The number of benzene rings is 1. The Morgan fingerprint density at radius 1 is 1.40 bits per heavy atom. The lowest BCUT2D eigenvalue weighted by Gasteiger charge is -2.57. The average molecular weight is 366 g/mol. The van der Waals surface area contributed by atoms with Gasteiger partial charge in [-0.25, -0.2) is 4.79 Å². The van der Waals surface area contributed by atoms with Crippen molar-refractivity contribution < 1.29 is 29.3 Å². The standard InChI is InChI=1S/C16H18N2O6S/c1-9-16(23,15(21)22)18-11(8-25-9)13(14(18)20)17-12(19)7-24-10-5-3-2-4-6-10/h2-6,9,11,13,23H,7-8H2,1H3,(H,17,19)(H,21,22)/t9?,11-,13+,16?/m0/s1. The summed E-state index contributed by atoms with van der Waals surface area (Å²) in [7, 11) is 0. The first kappa shape index (κ1) is 17.6. The molecule has 4 atom stereocenters. The number of nitrogens with zero attached hydrogens (tertiary/aromatic N) is 1. The molecule has 2 unspecified atom stereocenters. The Labute approximate surface area is 148 Å². The molecule has 0 radical (unpaired) electrons. The smallest absolute Gasteiger partial charge is 0.358 e. The minimum atomic E-state index is -2.26. The van der Waals surface area contributed by atoms with Gasteiger partial charge in [-0.1, -0.05) is 18.2 Å². The summed E-state index contributed by atoms with van der Waals surface area (Å²) in [6.07, 6.45) is 0. The topological polar surface area (TPSA) is 116 Å². The van der Waals surface area contributed by atoms with Gasteiger partial charge in [-0.05, 0) is 19.1 Å². The van der Waals surface area contributed by atoms with Crippen molar-refractivity contribution in [3.63, 3.8) is 0 Å². The van der Waals surface area contributed by atoms with Gasteiger partial charge in [-0.2, -0.15) is 11.8 Å². The SMILES string of the molecule is CC1SC[C@H]2[C@@H](NC(=O)COc3ccccc3)C(=O)N2C1(O)C(=O)O. The lowest BCUT2D eigenvalue weighted by Crippen LogP contribution is -2.82. The quantitative estimate of drug-likeness (QED) is 0.611. The number of rotatable bonds is 5. The molecule has 134 valence electrons. The molecule has 0 spiro atoms.